The van der Waals surface area contributed by atoms with Gasteiger partial charge in [-0.05, 0) is 60.2 Å². The molecule has 0 spiro atoms. The molecule has 1 atom stereocenters. The molecule has 1 aliphatic rings. The van der Waals surface area contributed by atoms with Crippen LogP contribution in [0.2, 0.25) is 0 Å². The van der Waals surface area contributed by atoms with Gasteiger partial charge in [0.2, 0.25) is 5.91 Å². The SMILES string of the molecule is NC(=O)C(Nc1ccc2c(c1)CCC2)c1ccc(F)cc1. The maximum Gasteiger partial charge on any atom is 0.244 e. The van der Waals surface area contributed by atoms with Crippen molar-refractivity contribution in [2.45, 2.75) is 25.3 Å². The average molecular weight is 284 g/mol. The number of benzene rings is 2. The zero-order valence-electron chi connectivity index (χ0n) is 11.6. The summed E-state index contributed by atoms with van der Waals surface area (Å²) < 4.78 is 13.0. The molecule has 1 aliphatic carbocycles. The summed E-state index contributed by atoms with van der Waals surface area (Å²) in [4.78, 5) is 11.7. The Hall–Kier alpha value is -2.36. The molecule has 0 saturated carbocycles. The number of anilines is 1. The van der Waals surface area contributed by atoms with Crippen molar-refractivity contribution in [1.82, 2.24) is 0 Å². The largest absolute Gasteiger partial charge is 0.370 e. The first-order valence-corrected chi connectivity index (χ1v) is 7.06. The van der Waals surface area contributed by atoms with E-state index in [1.807, 2.05) is 6.07 Å². The van der Waals surface area contributed by atoms with E-state index in [4.69, 9.17) is 5.73 Å². The first-order valence-electron chi connectivity index (χ1n) is 7.06. The van der Waals surface area contributed by atoms with Gasteiger partial charge < -0.3 is 11.1 Å². The van der Waals surface area contributed by atoms with Crippen LogP contribution >= 0.6 is 0 Å². The molecule has 1 unspecified atom stereocenters. The van der Waals surface area contributed by atoms with Crippen LogP contribution in [0.4, 0.5) is 10.1 Å². The van der Waals surface area contributed by atoms with E-state index < -0.39 is 11.9 Å². The predicted molar refractivity (Wildman–Crippen MR) is 80.4 cm³/mol. The Kier molecular flexibility index (Phi) is 3.60. The van der Waals surface area contributed by atoms with Crippen molar-refractivity contribution in [3.8, 4) is 0 Å². The number of nitrogens with one attached hydrogen (secondary N) is 1. The van der Waals surface area contributed by atoms with Gasteiger partial charge in [0.15, 0.2) is 0 Å². The first kappa shape index (κ1) is 13.6. The fraction of sp³-hybridized carbons (Fsp3) is 0.235. The summed E-state index contributed by atoms with van der Waals surface area (Å²) in [6, 6.07) is 11.3. The first-order chi connectivity index (χ1) is 10.1. The minimum atomic E-state index is -0.662. The zero-order chi connectivity index (χ0) is 14.8. The van der Waals surface area contributed by atoms with Gasteiger partial charge in [-0.3, -0.25) is 4.79 Å². The highest BCUT2D eigenvalue weighted by atomic mass is 19.1. The molecular formula is C17H17FN2O. The van der Waals surface area contributed by atoms with Crippen LogP contribution in [0.15, 0.2) is 42.5 Å². The summed E-state index contributed by atoms with van der Waals surface area (Å²) in [5, 5.41) is 3.15. The van der Waals surface area contributed by atoms with E-state index in [9.17, 15) is 9.18 Å². The topological polar surface area (TPSA) is 55.1 Å². The Balaban J connectivity index is 1.85. The molecule has 0 radical (unpaired) electrons. The van der Waals surface area contributed by atoms with Gasteiger partial charge in [0.1, 0.15) is 11.9 Å². The smallest absolute Gasteiger partial charge is 0.244 e. The lowest BCUT2D eigenvalue weighted by Gasteiger charge is -2.18. The van der Waals surface area contributed by atoms with Gasteiger partial charge in [0.25, 0.3) is 0 Å². The molecule has 0 heterocycles. The standard InChI is InChI=1S/C17H17FN2O/c18-14-7-4-12(5-8-14)16(17(19)21)20-15-9-6-11-2-1-3-13(11)10-15/h4-10,16,20H,1-3H2,(H2,19,21). The van der Waals surface area contributed by atoms with Gasteiger partial charge in [-0.2, -0.15) is 0 Å². The van der Waals surface area contributed by atoms with E-state index in [1.54, 1.807) is 12.1 Å². The lowest BCUT2D eigenvalue weighted by molar-refractivity contribution is -0.118. The van der Waals surface area contributed by atoms with Crippen LogP contribution in [0.1, 0.15) is 29.2 Å². The maximum atomic E-state index is 13.0. The maximum absolute atomic E-state index is 13.0. The molecular weight excluding hydrogens is 267 g/mol. The zero-order valence-corrected chi connectivity index (χ0v) is 11.6. The third kappa shape index (κ3) is 2.89. The molecule has 108 valence electrons. The molecule has 21 heavy (non-hydrogen) atoms. The highest BCUT2D eigenvalue weighted by Gasteiger charge is 2.19. The van der Waals surface area contributed by atoms with Crippen molar-refractivity contribution in [3.63, 3.8) is 0 Å². The summed E-state index contributed by atoms with van der Waals surface area (Å²) in [6.07, 6.45) is 3.37. The number of carbonyl (C=O) groups is 1. The second-order valence-corrected chi connectivity index (χ2v) is 5.37. The molecule has 0 aromatic heterocycles. The normalized spacial score (nSPS) is 14.5. The Bertz CT molecular complexity index is 667. The third-order valence-corrected chi connectivity index (χ3v) is 3.90. The van der Waals surface area contributed by atoms with Gasteiger partial charge in [-0.25, -0.2) is 4.39 Å². The second-order valence-electron chi connectivity index (χ2n) is 5.37. The van der Waals surface area contributed by atoms with Gasteiger partial charge >= 0.3 is 0 Å². The number of hydrogen-bond acceptors (Lipinski definition) is 2. The molecule has 0 fully saturated rings. The molecule has 4 heteroatoms. The fourth-order valence-corrected chi connectivity index (χ4v) is 2.80. The average Bonchev–Trinajstić information content (AvgIpc) is 2.93. The molecule has 0 saturated heterocycles. The number of hydrogen-bond donors (Lipinski definition) is 2. The van der Waals surface area contributed by atoms with Crippen molar-refractivity contribution >= 4 is 11.6 Å². The second kappa shape index (κ2) is 5.56. The van der Waals surface area contributed by atoms with Crippen LogP contribution < -0.4 is 11.1 Å². The summed E-state index contributed by atoms with van der Waals surface area (Å²) in [6.45, 7) is 0. The number of halogens is 1. The van der Waals surface area contributed by atoms with Crippen molar-refractivity contribution in [2.75, 3.05) is 5.32 Å². The summed E-state index contributed by atoms with van der Waals surface area (Å²) in [5.74, 6) is -0.818. The molecule has 3 N–H and O–H groups in total. The Morgan fingerprint density at radius 3 is 2.52 bits per heavy atom. The van der Waals surface area contributed by atoms with Gasteiger partial charge in [-0.15, -0.1) is 0 Å². The minimum Gasteiger partial charge on any atom is -0.370 e. The van der Waals surface area contributed by atoms with Crippen LogP contribution in [0.5, 0.6) is 0 Å². The Morgan fingerprint density at radius 2 is 1.81 bits per heavy atom. The van der Waals surface area contributed by atoms with E-state index in [0.29, 0.717) is 5.56 Å². The number of nitrogens with two attached hydrogens (primary N) is 1. The number of fused-ring (bicyclic) bond motifs is 1. The van der Waals surface area contributed by atoms with E-state index in [2.05, 4.69) is 17.4 Å². The number of aryl methyl sites for hydroxylation is 2. The van der Waals surface area contributed by atoms with Crippen LogP contribution in [-0.2, 0) is 17.6 Å². The summed E-state index contributed by atoms with van der Waals surface area (Å²) in [7, 11) is 0. The van der Waals surface area contributed by atoms with Crippen molar-refractivity contribution < 1.29 is 9.18 Å². The number of amides is 1. The quantitative estimate of drug-likeness (QED) is 0.907. The highest BCUT2D eigenvalue weighted by molar-refractivity contribution is 5.84. The predicted octanol–water partition coefficient (Wildman–Crippen LogP) is 2.95. The molecule has 3 nitrogen and oxygen atoms in total. The Labute approximate surface area is 123 Å². The molecule has 2 aromatic carbocycles. The lowest BCUT2D eigenvalue weighted by Crippen LogP contribution is -2.27. The van der Waals surface area contributed by atoms with Crippen LogP contribution in [0.3, 0.4) is 0 Å². The number of primary amides is 1. The monoisotopic (exact) mass is 284 g/mol. The van der Waals surface area contributed by atoms with Crippen LogP contribution in [-0.4, -0.2) is 5.91 Å². The van der Waals surface area contributed by atoms with Crippen LogP contribution in [0, 0.1) is 5.82 Å². The lowest BCUT2D eigenvalue weighted by atomic mass is 10.0. The minimum absolute atomic E-state index is 0.334. The Morgan fingerprint density at radius 1 is 1.10 bits per heavy atom. The van der Waals surface area contributed by atoms with Gasteiger partial charge in [0.05, 0.1) is 0 Å². The van der Waals surface area contributed by atoms with Gasteiger partial charge in [0, 0.05) is 5.69 Å². The van der Waals surface area contributed by atoms with E-state index in [-0.39, 0.29) is 5.82 Å². The van der Waals surface area contributed by atoms with Crippen molar-refractivity contribution in [3.05, 3.63) is 65.0 Å². The molecule has 1 amide bonds. The number of rotatable bonds is 4. The van der Waals surface area contributed by atoms with E-state index in [1.165, 1.54) is 29.7 Å². The molecule has 2 aromatic rings. The fourth-order valence-electron chi connectivity index (χ4n) is 2.80. The number of carbonyl (C=O) groups excluding carboxylic acids is 1. The van der Waals surface area contributed by atoms with Crippen molar-refractivity contribution in [2.24, 2.45) is 5.73 Å². The summed E-state index contributed by atoms with van der Waals surface area (Å²) in [5.41, 5.74) is 9.69. The van der Waals surface area contributed by atoms with E-state index >= 15 is 0 Å². The molecule has 0 aliphatic heterocycles. The third-order valence-electron chi connectivity index (χ3n) is 3.90. The summed E-state index contributed by atoms with van der Waals surface area (Å²) >= 11 is 0. The molecule has 0 bridgehead atoms. The van der Waals surface area contributed by atoms with E-state index in [0.717, 1.165) is 18.5 Å². The highest BCUT2D eigenvalue weighted by Crippen LogP contribution is 2.27. The van der Waals surface area contributed by atoms with Crippen molar-refractivity contribution in [1.29, 1.82) is 0 Å². The van der Waals surface area contributed by atoms with Gasteiger partial charge in [-0.1, -0.05) is 18.2 Å². The van der Waals surface area contributed by atoms with Crippen LogP contribution in [0.25, 0.3) is 0 Å². The molecule has 3 rings (SSSR count).